The molecule has 2 aromatic heterocycles. The van der Waals surface area contributed by atoms with Crippen LogP contribution in [0.4, 0.5) is 11.6 Å². The predicted molar refractivity (Wildman–Crippen MR) is 111 cm³/mol. The number of nitrogens with zero attached hydrogens (tertiary/aromatic N) is 2. The predicted octanol–water partition coefficient (Wildman–Crippen LogP) is 3.28. The molecule has 4 rings (SSSR count). The SMILES string of the molecule is CC(O)(CC(O)c1cccc2ccc(N)nc12)c1cccc2ccc(N)nc12. The number of aliphatic hydroxyl groups is 2. The van der Waals surface area contributed by atoms with Crippen LogP contribution in [0.3, 0.4) is 0 Å². The van der Waals surface area contributed by atoms with Gasteiger partial charge in [0.1, 0.15) is 11.6 Å². The molecule has 6 N–H and O–H groups in total. The Balaban J connectivity index is 1.75. The Morgan fingerprint density at radius 1 is 0.857 bits per heavy atom. The summed E-state index contributed by atoms with van der Waals surface area (Å²) in [6.07, 6.45) is -0.873. The van der Waals surface area contributed by atoms with Gasteiger partial charge in [-0.15, -0.1) is 0 Å². The number of benzene rings is 2. The lowest BCUT2D eigenvalue weighted by Crippen LogP contribution is -2.25. The zero-order valence-electron chi connectivity index (χ0n) is 15.5. The maximum Gasteiger partial charge on any atom is 0.124 e. The molecule has 0 aliphatic heterocycles. The number of aromatic nitrogens is 2. The van der Waals surface area contributed by atoms with Crippen molar-refractivity contribution < 1.29 is 10.2 Å². The normalized spacial score (nSPS) is 14.8. The van der Waals surface area contributed by atoms with Crippen molar-refractivity contribution in [2.24, 2.45) is 0 Å². The van der Waals surface area contributed by atoms with E-state index in [9.17, 15) is 10.2 Å². The van der Waals surface area contributed by atoms with E-state index in [0.29, 0.717) is 33.8 Å². The van der Waals surface area contributed by atoms with Crippen molar-refractivity contribution in [2.45, 2.75) is 25.0 Å². The highest BCUT2D eigenvalue weighted by molar-refractivity contribution is 5.85. The van der Waals surface area contributed by atoms with Crippen LogP contribution in [0.15, 0.2) is 60.7 Å². The van der Waals surface area contributed by atoms with Gasteiger partial charge in [0.2, 0.25) is 0 Å². The number of hydrogen-bond donors (Lipinski definition) is 4. The summed E-state index contributed by atoms with van der Waals surface area (Å²) in [7, 11) is 0. The molecule has 6 heteroatoms. The van der Waals surface area contributed by atoms with Crippen LogP contribution in [0.1, 0.15) is 30.6 Å². The summed E-state index contributed by atoms with van der Waals surface area (Å²) in [6, 6.07) is 18.3. The summed E-state index contributed by atoms with van der Waals surface area (Å²) < 4.78 is 0. The quantitative estimate of drug-likeness (QED) is 0.435. The second kappa shape index (κ2) is 6.74. The van der Waals surface area contributed by atoms with Gasteiger partial charge >= 0.3 is 0 Å². The summed E-state index contributed by atoms with van der Waals surface area (Å²) in [5.41, 5.74) is 12.8. The van der Waals surface area contributed by atoms with E-state index in [0.717, 1.165) is 10.8 Å². The third-order valence-electron chi connectivity index (χ3n) is 5.04. The fourth-order valence-corrected chi connectivity index (χ4v) is 3.65. The fourth-order valence-electron chi connectivity index (χ4n) is 3.65. The molecule has 2 atom stereocenters. The highest BCUT2D eigenvalue weighted by Gasteiger charge is 2.30. The molecule has 6 nitrogen and oxygen atoms in total. The van der Waals surface area contributed by atoms with Crippen LogP contribution in [0.2, 0.25) is 0 Å². The van der Waals surface area contributed by atoms with E-state index >= 15 is 0 Å². The standard InChI is InChI=1S/C22H22N4O2/c1-22(28,16-7-3-5-14-9-11-19(24)26-21(14)16)12-17(27)15-6-2-4-13-8-10-18(23)25-20(13)15/h2-11,17,27-28H,12H2,1H3,(H2,23,25)(H2,24,26). The Hall–Kier alpha value is -3.22. The number of anilines is 2. The van der Waals surface area contributed by atoms with Crippen LogP contribution in [0.25, 0.3) is 21.8 Å². The number of pyridine rings is 2. The van der Waals surface area contributed by atoms with Gasteiger partial charge < -0.3 is 21.7 Å². The summed E-state index contributed by atoms with van der Waals surface area (Å²) in [4.78, 5) is 8.76. The van der Waals surface area contributed by atoms with Crippen molar-refractivity contribution in [1.82, 2.24) is 9.97 Å². The lowest BCUT2D eigenvalue weighted by atomic mass is 9.86. The van der Waals surface area contributed by atoms with E-state index < -0.39 is 11.7 Å². The third kappa shape index (κ3) is 3.24. The first-order valence-corrected chi connectivity index (χ1v) is 9.06. The van der Waals surface area contributed by atoms with Gasteiger partial charge in [0.05, 0.1) is 22.7 Å². The summed E-state index contributed by atoms with van der Waals surface area (Å²) in [5, 5.41) is 23.9. The molecule has 0 bridgehead atoms. The van der Waals surface area contributed by atoms with Gasteiger partial charge in [0, 0.05) is 28.3 Å². The number of rotatable bonds is 4. The Kier molecular flexibility index (Phi) is 4.37. The fraction of sp³-hybridized carbons (Fsp3) is 0.182. The smallest absolute Gasteiger partial charge is 0.124 e. The highest BCUT2D eigenvalue weighted by Crippen LogP contribution is 2.36. The minimum atomic E-state index is -1.33. The van der Waals surface area contributed by atoms with Gasteiger partial charge in [-0.05, 0) is 31.2 Å². The second-order valence-electron chi connectivity index (χ2n) is 7.26. The zero-order valence-corrected chi connectivity index (χ0v) is 15.5. The molecule has 0 amide bonds. The summed E-state index contributed by atoms with van der Waals surface area (Å²) >= 11 is 0. The monoisotopic (exact) mass is 374 g/mol. The van der Waals surface area contributed by atoms with Crippen molar-refractivity contribution in [3.8, 4) is 0 Å². The zero-order chi connectivity index (χ0) is 19.9. The van der Waals surface area contributed by atoms with E-state index in [1.807, 2.05) is 36.4 Å². The molecular weight excluding hydrogens is 352 g/mol. The molecule has 0 radical (unpaired) electrons. The Bertz CT molecular complexity index is 1170. The molecule has 0 aliphatic carbocycles. The lowest BCUT2D eigenvalue weighted by Gasteiger charge is -2.28. The van der Waals surface area contributed by atoms with Gasteiger partial charge in [-0.2, -0.15) is 0 Å². The number of nitrogen functional groups attached to an aromatic ring is 2. The molecule has 0 fully saturated rings. The first-order chi connectivity index (χ1) is 13.3. The molecule has 2 aromatic carbocycles. The first kappa shape index (κ1) is 18.2. The highest BCUT2D eigenvalue weighted by atomic mass is 16.3. The van der Waals surface area contributed by atoms with E-state index in [1.165, 1.54) is 0 Å². The van der Waals surface area contributed by atoms with E-state index in [1.54, 1.807) is 31.2 Å². The minimum absolute atomic E-state index is 0.0676. The van der Waals surface area contributed by atoms with Gasteiger partial charge in [0.15, 0.2) is 0 Å². The summed E-state index contributed by atoms with van der Waals surface area (Å²) in [5.74, 6) is 0.762. The van der Waals surface area contributed by atoms with E-state index in [4.69, 9.17) is 11.5 Å². The Morgan fingerprint density at radius 3 is 2.11 bits per heavy atom. The maximum absolute atomic E-state index is 11.2. The first-order valence-electron chi connectivity index (χ1n) is 9.06. The Morgan fingerprint density at radius 2 is 1.43 bits per heavy atom. The minimum Gasteiger partial charge on any atom is -0.388 e. The second-order valence-corrected chi connectivity index (χ2v) is 7.26. The number of hydrogen-bond acceptors (Lipinski definition) is 6. The molecule has 0 saturated heterocycles. The van der Waals surface area contributed by atoms with Crippen LogP contribution in [0.5, 0.6) is 0 Å². The van der Waals surface area contributed by atoms with Gasteiger partial charge in [-0.1, -0.05) is 36.4 Å². The molecule has 0 saturated carbocycles. The Labute approximate surface area is 162 Å². The van der Waals surface area contributed by atoms with Crippen molar-refractivity contribution >= 4 is 33.4 Å². The third-order valence-corrected chi connectivity index (χ3v) is 5.04. The van der Waals surface area contributed by atoms with Crippen LogP contribution in [-0.4, -0.2) is 20.2 Å². The van der Waals surface area contributed by atoms with Gasteiger partial charge in [0.25, 0.3) is 0 Å². The van der Waals surface area contributed by atoms with Crippen molar-refractivity contribution in [3.05, 3.63) is 71.8 Å². The molecule has 0 aliphatic rings. The maximum atomic E-state index is 11.2. The lowest BCUT2D eigenvalue weighted by molar-refractivity contribution is 0.000643. The van der Waals surface area contributed by atoms with Crippen LogP contribution >= 0.6 is 0 Å². The van der Waals surface area contributed by atoms with Crippen molar-refractivity contribution in [2.75, 3.05) is 11.5 Å². The van der Waals surface area contributed by atoms with E-state index in [2.05, 4.69) is 9.97 Å². The summed E-state index contributed by atoms with van der Waals surface area (Å²) in [6.45, 7) is 1.67. The van der Waals surface area contributed by atoms with Crippen molar-refractivity contribution in [3.63, 3.8) is 0 Å². The average Bonchev–Trinajstić information content (AvgIpc) is 2.66. The average molecular weight is 374 g/mol. The van der Waals surface area contributed by atoms with Crippen LogP contribution < -0.4 is 11.5 Å². The largest absolute Gasteiger partial charge is 0.388 e. The molecular formula is C22H22N4O2. The van der Waals surface area contributed by atoms with Crippen LogP contribution in [-0.2, 0) is 5.60 Å². The molecule has 0 spiro atoms. The van der Waals surface area contributed by atoms with Gasteiger partial charge in [-0.3, -0.25) is 0 Å². The number of para-hydroxylation sites is 2. The number of aliphatic hydroxyl groups excluding tert-OH is 1. The van der Waals surface area contributed by atoms with Gasteiger partial charge in [-0.25, -0.2) is 9.97 Å². The van der Waals surface area contributed by atoms with E-state index in [-0.39, 0.29) is 6.42 Å². The van der Waals surface area contributed by atoms with Crippen molar-refractivity contribution in [1.29, 1.82) is 0 Å². The molecule has 142 valence electrons. The number of nitrogens with two attached hydrogens (primary N) is 2. The molecule has 2 heterocycles. The molecule has 4 aromatic rings. The topological polar surface area (TPSA) is 118 Å². The number of fused-ring (bicyclic) bond motifs is 2. The van der Waals surface area contributed by atoms with Crippen LogP contribution in [0, 0.1) is 0 Å². The molecule has 28 heavy (non-hydrogen) atoms. The molecule has 2 unspecified atom stereocenters.